The van der Waals surface area contributed by atoms with Gasteiger partial charge in [0.05, 0.1) is 15.0 Å². The van der Waals surface area contributed by atoms with Crippen molar-refractivity contribution in [2.75, 3.05) is 20.3 Å². The molecule has 0 aliphatic carbocycles. The molecule has 0 spiro atoms. The molecule has 1 fully saturated rings. The van der Waals surface area contributed by atoms with E-state index in [-0.39, 0.29) is 26.9 Å². The number of carbonyl (C=O) groups excluding carboxylic acids is 2. The van der Waals surface area contributed by atoms with Crippen LogP contribution in [0.4, 0.5) is 4.79 Å². The third-order valence-corrected chi connectivity index (χ3v) is 4.42. The van der Waals surface area contributed by atoms with E-state index in [4.69, 9.17) is 27.9 Å². The SMILES string of the molecule is COCCCN1C(=O)SC(=Cc2cc(Cl)c(O)c(Cl)c2)C1=O. The molecule has 22 heavy (non-hydrogen) atoms. The van der Waals surface area contributed by atoms with Crippen LogP contribution in [-0.2, 0) is 9.53 Å². The molecule has 1 aliphatic rings. The average Bonchev–Trinajstić information content (AvgIpc) is 2.72. The minimum Gasteiger partial charge on any atom is -0.505 e. The number of carbonyl (C=O) groups is 2. The van der Waals surface area contributed by atoms with Crippen molar-refractivity contribution in [2.24, 2.45) is 0 Å². The molecular formula is C14H13Cl2NO4S. The summed E-state index contributed by atoms with van der Waals surface area (Å²) in [5.41, 5.74) is 0.537. The van der Waals surface area contributed by atoms with E-state index in [1.54, 1.807) is 7.11 Å². The Morgan fingerprint density at radius 3 is 2.55 bits per heavy atom. The van der Waals surface area contributed by atoms with Gasteiger partial charge in [-0.25, -0.2) is 0 Å². The van der Waals surface area contributed by atoms with Gasteiger partial charge in [-0.15, -0.1) is 0 Å². The maximum absolute atomic E-state index is 12.2. The van der Waals surface area contributed by atoms with E-state index in [0.717, 1.165) is 11.8 Å². The van der Waals surface area contributed by atoms with Gasteiger partial charge in [-0.3, -0.25) is 14.5 Å². The predicted octanol–water partition coefficient (Wildman–Crippen LogP) is 3.77. The van der Waals surface area contributed by atoms with Crippen molar-refractivity contribution in [1.82, 2.24) is 4.90 Å². The Morgan fingerprint density at radius 1 is 1.32 bits per heavy atom. The first-order valence-electron chi connectivity index (χ1n) is 6.36. The molecule has 5 nitrogen and oxygen atoms in total. The standard InChI is InChI=1S/C14H13Cl2NO4S/c1-21-4-2-3-17-13(19)11(22-14(17)20)7-8-5-9(15)12(18)10(16)6-8/h5-7,18H,2-4H2,1H3. The zero-order valence-electron chi connectivity index (χ0n) is 11.6. The Labute approximate surface area is 141 Å². The summed E-state index contributed by atoms with van der Waals surface area (Å²) in [7, 11) is 1.56. The number of hydrogen-bond acceptors (Lipinski definition) is 5. The van der Waals surface area contributed by atoms with E-state index in [2.05, 4.69) is 0 Å². The van der Waals surface area contributed by atoms with Crippen LogP contribution in [0.1, 0.15) is 12.0 Å². The normalized spacial score (nSPS) is 16.9. The van der Waals surface area contributed by atoms with E-state index in [1.165, 1.54) is 23.1 Å². The van der Waals surface area contributed by atoms with E-state index in [0.29, 0.717) is 30.0 Å². The molecule has 0 bridgehead atoms. The summed E-state index contributed by atoms with van der Waals surface area (Å²) >= 11 is 12.5. The lowest BCUT2D eigenvalue weighted by molar-refractivity contribution is -0.122. The van der Waals surface area contributed by atoms with Crippen molar-refractivity contribution >= 4 is 52.2 Å². The Hall–Kier alpha value is -1.21. The molecule has 118 valence electrons. The number of benzene rings is 1. The predicted molar refractivity (Wildman–Crippen MR) is 87.3 cm³/mol. The Morgan fingerprint density at radius 2 is 1.95 bits per heavy atom. The third-order valence-electron chi connectivity index (χ3n) is 2.94. The first-order chi connectivity index (χ1) is 10.4. The number of methoxy groups -OCH3 is 1. The fraction of sp³-hybridized carbons (Fsp3) is 0.286. The number of amides is 2. The number of phenolic OH excluding ortho intramolecular Hbond substituents is 1. The molecule has 1 aromatic rings. The zero-order chi connectivity index (χ0) is 16.3. The lowest BCUT2D eigenvalue weighted by Crippen LogP contribution is -2.29. The van der Waals surface area contributed by atoms with Crippen LogP contribution < -0.4 is 0 Å². The van der Waals surface area contributed by atoms with E-state index in [9.17, 15) is 14.7 Å². The van der Waals surface area contributed by atoms with Crippen LogP contribution >= 0.6 is 35.0 Å². The van der Waals surface area contributed by atoms with Crippen molar-refractivity contribution < 1.29 is 19.4 Å². The smallest absolute Gasteiger partial charge is 0.293 e. The number of aromatic hydroxyl groups is 1. The quantitative estimate of drug-likeness (QED) is 0.638. The van der Waals surface area contributed by atoms with Crippen molar-refractivity contribution in [3.8, 4) is 5.75 Å². The Bertz CT molecular complexity index is 625. The van der Waals surface area contributed by atoms with Crippen LogP contribution in [0.25, 0.3) is 6.08 Å². The largest absolute Gasteiger partial charge is 0.505 e. The number of rotatable bonds is 5. The fourth-order valence-corrected chi connectivity index (χ4v) is 3.25. The number of nitrogens with zero attached hydrogens (tertiary/aromatic N) is 1. The van der Waals surface area contributed by atoms with Gasteiger partial charge in [0.25, 0.3) is 11.1 Å². The van der Waals surface area contributed by atoms with Crippen LogP contribution in [0.5, 0.6) is 5.75 Å². The van der Waals surface area contributed by atoms with Crippen LogP contribution in [0.15, 0.2) is 17.0 Å². The van der Waals surface area contributed by atoms with Gasteiger partial charge < -0.3 is 9.84 Å². The minimum absolute atomic E-state index is 0.0815. The van der Waals surface area contributed by atoms with Crippen LogP contribution in [0, 0.1) is 0 Å². The van der Waals surface area contributed by atoms with Gasteiger partial charge in [0.15, 0.2) is 5.75 Å². The maximum atomic E-state index is 12.2. The van der Waals surface area contributed by atoms with Gasteiger partial charge in [-0.05, 0) is 42.0 Å². The number of imide groups is 1. The number of thioether (sulfide) groups is 1. The molecule has 0 radical (unpaired) electrons. The second kappa shape index (κ2) is 7.37. The fourth-order valence-electron chi connectivity index (χ4n) is 1.88. The topological polar surface area (TPSA) is 66.8 Å². The summed E-state index contributed by atoms with van der Waals surface area (Å²) in [5, 5.41) is 9.36. The number of ether oxygens (including phenoxy) is 1. The van der Waals surface area contributed by atoms with Crippen molar-refractivity contribution in [3.05, 3.63) is 32.6 Å². The molecule has 2 rings (SSSR count). The highest BCUT2D eigenvalue weighted by atomic mass is 35.5. The third kappa shape index (κ3) is 3.76. The summed E-state index contributed by atoms with van der Waals surface area (Å²) in [6.45, 7) is 0.789. The lowest BCUT2D eigenvalue weighted by Gasteiger charge is -2.11. The van der Waals surface area contributed by atoms with E-state index >= 15 is 0 Å². The first kappa shape index (κ1) is 17.1. The molecule has 8 heteroatoms. The molecule has 0 saturated carbocycles. The van der Waals surface area contributed by atoms with Crippen molar-refractivity contribution in [3.63, 3.8) is 0 Å². The Balaban J connectivity index is 2.19. The first-order valence-corrected chi connectivity index (χ1v) is 7.93. The summed E-state index contributed by atoms with van der Waals surface area (Å²) in [6.07, 6.45) is 2.11. The lowest BCUT2D eigenvalue weighted by atomic mass is 10.2. The van der Waals surface area contributed by atoms with E-state index < -0.39 is 0 Å². The molecule has 1 aromatic carbocycles. The molecule has 0 atom stereocenters. The molecule has 1 heterocycles. The molecule has 0 unspecified atom stereocenters. The summed E-state index contributed by atoms with van der Waals surface area (Å²) in [6, 6.07) is 2.95. The molecule has 2 amide bonds. The highest BCUT2D eigenvalue weighted by Gasteiger charge is 2.34. The van der Waals surface area contributed by atoms with Crippen LogP contribution in [0.3, 0.4) is 0 Å². The summed E-state index contributed by atoms with van der Waals surface area (Å²) in [5.74, 6) is -0.570. The summed E-state index contributed by atoms with van der Waals surface area (Å²) in [4.78, 5) is 25.5. The second-order valence-corrected chi connectivity index (χ2v) is 6.32. The average molecular weight is 362 g/mol. The summed E-state index contributed by atoms with van der Waals surface area (Å²) < 4.78 is 4.91. The molecule has 0 aromatic heterocycles. The van der Waals surface area contributed by atoms with Crippen LogP contribution in [-0.4, -0.2) is 41.4 Å². The monoisotopic (exact) mass is 361 g/mol. The highest BCUT2D eigenvalue weighted by Crippen LogP contribution is 2.36. The van der Waals surface area contributed by atoms with Crippen molar-refractivity contribution in [2.45, 2.75) is 6.42 Å². The second-order valence-electron chi connectivity index (χ2n) is 4.51. The van der Waals surface area contributed by atoms with Crippen molar-refractivity contribution in [1.29, 1.82) is 0 Å². The van der Waals surface area contributed by atoms with E-state index in [1.807, 2.05) is 0 Å². The Kier molecular flexibility index (Phi) is 5.74. The molecule has 1 saturated heterocycles. The zero-order valence-corrected chi connectivity index (χ0v) is 14.0. The van der Waals surface area contributed by atoms with Gasteiger partial charge in [-0.2, -0.15) is 0 Å². The van der Waals surface area contributed by atoms with Gasteiger partial charge in [0.2, 0.25) is 0 Å². The van der Waals surface area contributed by atoms with Gasteiger partial charge in [0, 0.05) is 20.3 Å². The number of hydrogen-bond donors (Lipinski definition) is 1. The maximum Gasteiger partial charge on any atom is 0.293 e. The van der Waals surface area contributed by atoms with Gasteiger partial charge >= 0.3 is 0 Å². The highest BCUT2D eigenvalue weighted by molar-refractivity contribution is 8.18. The number of halogens is 2. The van der Waals surface area contributed by atoms with Gasteiger partial charge in [0.1, 0.15) is 0 Å². The molecule has 1 aliphatic heterocycles. The molecule has 1 N–H and O–H groups in total. The van der Waals surface area contributed by atoms with Crippen LogP contribution in [0.2, 0.25) is 10.0 Å². The van der Waals surface area contributed by atoms with Gasteiger partial charge in [-0.1, -0.05) is 23.2 Å². The minimum atomic E-state index is -0.355. The number of phenols is 1. The molecular weight excluding hydrogens is 349 g/mol.